The highest BCUT2D eigenvalue weighted by atomic mass is 16.6. The predicted octanol–water partition coefficient (Wildman–Crippen LogP) is 3.10. The Bertz CT molecular complexity index is 486. The third-order valence-electron chi connectivity index (χ3n) is 3.75. The zero-order valence-electron chi connectivity index (χ0n) is 13.6. The Balaban J connectivity index is 2.94. The lowest BCUT2D eigenvalue weighted by atomic mass is 9.92. The Morgan fingerprint density at radius 3 is 2.57 bits per heavy atom. The number of benzene rings is 1. The second kappa shape index (κ2) is 7.52. The normalized spacial score (nSPS) is 11.9. The van der Waals surface area contributed by atoms with Crippen molar-refractivity contribution in [2.24, 2.45) is 11.1 Å². The average molecular weight is 293 g/mol. The highest BCUT2D eigenvalue weighted by molar-refractivity contribution is 5.44. The predicted molar refractivity (Wildman–Crippen MR) is 86.2 cm³/mol. The maximum absolute atomic E-state index is 11.0. The molecule has 0 bridgehead atoms. The molecule has 0 spiro atoms. The van der Waals surface area contributed by atoms with Crippen LogP contribution >= 0.6 is 0 Å². The lowest BCUT2D eigenvalue weighted by Gasteiger charge is -2.32. The molecule has 0 saturated heterocycles. The molecular weight excluding hydrogens is 266 g/mol. The fourth-order valence-electron chi connectivity index (χ4n) is 2.48. The van der Waals surface area contributed by atoms with Gasteiger partial charge in [-0.2, -0.15) is 0 Å². The van der Waals surface area contributed by atoms with E-state index in [1.807, 2.05) is 13.0 Å². The minimum absolute atomic E-state index is 0.0454. The van der Waals surface area contributed by atoms with Gasteiger partial charge in [-0.25, -0.2) is 0 Å². The van der Waals surface area contributed by atoms with Gasteiger partial charge in [0.25, 0.3) is 5.69 Å². The maximum Gasteiger partial charge on any atom is 0.272 e. The summed E-state index contributed by atoms with van der Waals surface area (Å²) in [6.07, 6.45) is 1.05. The molecule has 0 heterocycles. The summed E-state index contributed by atoms with van der Waals surface area (Å²) >= 11 is 0. The van der Waals surface area contributed by atoms with E-state index in [-0.39, 0.29) is 16.0 Å². The minimum Gasteiger partial charge on any atom is -0.330 e. The van der Waals surface area contributed by atoms with E-state index in [0.29, 0.717) is 6.54 Å². The summed E-state index contributed by atoms with van der Waals surface area (Å²) in [4.78, 5) is 13.1. The molecule has 1 aromatic rings. The standard InChI is InChI=1S/C16H27N3O2/c1-5-9-18(12-16(3,4)11-17)10-14-7-6-8-15(13(14)2)19(20)21/h6-8H,5,9-12,17H2,1-4H3. The number of hydrogen-bond acceptors (Lipinski definition) is 4. The molecule has 5 nitrogen and oxygen atoms in total. The van der Waals surface area contributed by atoms with E-state index in [4.69, 9.17) is 5.73 Å². The van der Waals surface area contributed by atoms with Crippen LogP contribution in [0.5, 0.6) is 0 Å². The lowest BCUT2D eigenvalue weighted by molar-refractivity contribution is -0.385. The topological polar surface area (TPSA) is 72.4 Å². The molecule has 118 valence electrons. The molecule has 5 heteroatoms. The van der Waals surface area contributed by atoms with Gasteiger partial charge in [-0.15, -0.1) is 0 Å². The average Bonchev–Trinajstić information content (AvgIpc) is 2.40. The molecule has 2 N–H and O–H groups in total. The van der Waals surface area contributed by atoms with Crippen LogP contribution in [0, 0.1) is 22.5 Å². The molecule has 21 heavy (non-hydrogen) atoms. The van der Waals surface area contributed by atoms with Crippen LogP contribution in [0.15, 0.2) is 18.2 Å². The number of nitro benzene ring substituents is 1. The van der Waals surface area contributed by atoms with E-state index in [2.05, 4.69) is 25.7 Å². The first-order valence-electron chi connectivity index (χ1n) is 7.46. The molecule has 0 radical (unpaired) electrons. The zero-order chi connectivity index (χ0) is 16.0. The summed E-state index contributed by atoms with van der Waals surface area (Å²) in [5, 5.41) is 11.0. The Morgan fingerprint density at radius 1 is 1.38 bits per heavy atom. The fraction of sp³-hybridized carbons (Fsp3) is 0.625. The summed E-state index contributed by atoms with van der Waals surface area (Å²) in [5.74, 6) is 0. The molecular formula is C16H27N3O2. The first-order valence-corrected chi connectivity index (χ1v) is 7.46. The molecule has 0 aliphatic carbocycles. The largest absolute Gasteiger partial charge is 0.330 e. The fourth-order valence-corrected chi connectivity index (χ4v) is 2.48. The van der Waals surface area contributed by atoms with Gasteiger partial charge in [-0.3, -0.25) is 15.0 Å². The molecule has 0 amide bonds. The Labute approximate surface area is 127 Å². The van der Waals surface area contributed by atoms with Crippen molar-refractivity contribution in [1.29, 1.82) is 0 Å². The van der Waals surface area contributed by atoms with Gasteiger partial charge in [-0.05, 0) is 37.4 Å². The van der Waals surface area contributed by atoms with E-state index >= 15 is 0 Å². The highest BCUT2D eigenvalue weighted by Gasteiger charge is 2.21. The van der Waals surface area contributed by atoms with Gasteiger partial charge < -0.3 is 5.73 Å². The lowest BCUT2D eigenvalue weighted by Crippen LogP contribution is -2.39. The molecule has 0 aliphatic rings. The first kappa shape index (κ1) is 17.6. The van der Waals surface area contributed by atoms with Crippen LogP contribution in [0.1, 0.15) is 38.3 Å². The van der Waals surface area contributed by atoms with Gasteiger partial charge in [0.15, 0.2) is 0 Å². The summed E-state index contributed by atoms with van der Waals surface area (Å²) in [6.45, 7) is 11.5. The van der Waals surface area contributed by atoms with Crippen molar-refractivity contribution in [2.75, 3.05) is 19.6 Å². The second-order valence-corrected chi connectivity index (χ2v) is 6.40. The van der Waals surface area contributed by atoms with E-state index in [1.54, 1.807) is 12.1 Å². The quantitative estimate of drug-likeness (QED) is 0.590. The minimum atomic E-state index is -0.313. The number of nitrogens with zero attached hydrogens (tertiary/aromatic N) is 2. The van der Waals surface area contributed by atoms with Crippen LogP contribution in [0.25, 0.3) is 0 Å². The summed E-state index contributed by atoms with van der Waals surface area (Å²) in [6, 6.07) is 5.30. The van der Waals surface area contributed by atoms with Crippen molar-refractivity contribution >= 4 is 5.69 Å². The van der Waals surface area contributed by atoms with Crippen molar-refractivity contribution in [3.63, 3.8) is 0 Å². The number of rotatable bonds is 8. The third-order valence-corrected chi connectivity index (χ3v) is 3.75. The number of nitro groups is 1. The molecule has 0 atom stereocenters. The van der Waals surface area contributed by atoms with Gasteiger partial charge in [0.05, 0.1) is 4.92 Å². The number of nitrogens with two attached hydrogens (primary N) is 1. The van der Waals surface area contributed by atoms with E-state index < -0.39 is 0 Å². The SMILES string of the molecule is CCCN(Cc1cccc([N+](=O)[O-])c1C)CC(C)(C)CN. The van der Waals surface area contributed by atoms with Crippen LogP contribution < -0.4 is 5.73 Å². The summed E-state index contributed by atoms with van der Waals surface area (Å²) in [5.41, 5.74) is 7.84. The van der Waals surface area contributed by atoms with Gasteiger partial charge >= 0.3 is 0 Å². The van der Waals surface area contributed by atoms with E-state index in [0.717, 1.165) is 37.2 Å². The maximum atomic E-state index is 11.0. The van der Waals surface area contributed by atoms with Crippen LogP contribution in [0.2, 0.25) is 0 Å². The van der Waals surface area contributed by atoms with Gasteiger partial charge in [0.2, 0.25) is 0 Å². The highest BCUT2D eigenvalue weighted by Crippen LogP contribution is 2.24. The Morgan fingerprint density at radius 2 is 2.05 bits per heavy atom. The van der Waals surface area contributed by atoms with Crippen LogP contribution in [0.3, 0.4) is 0 Å². The Hall–Kier alpha value is -1.46. The molecule has 0 aromatic heterocycles. The smallest absolute Gasteiger partial charge is 0.272 e. The molecule has 0 fully saturated rings. The molecule has 1 rings (SSSR count). The van der Waals surface area contributed by atoms with E-state index in [1.165, 1.54) is 0 Å². The van der Waals surface area contributed by atoms with E-state index in [9.17, 15) is 10.1 Å². The van der Waals surface area contributed by atoms with Crippen molar-refractivity contribution in [2.45, 2.75) is 40.7 Å². The van der Waals surface area contributed by atoms with Crippen molar-refractivity contribution in [1.82, 2.24) is 4.90 Å². The molecule has 0 saturated carbocycles. The Kier molecular flexibility index (Phi) is 6.30. The monoisotopic (exact) mass is 293 g/mol. The molecule has 0 aliphatic heterocycles. The van der Waals surface area contributed by atoms with Gasteiger partial charge in [0, 0.05) is 24.7 Å². The van der Waals surface area contributed by atoms with Crippen molar-refractivity contribution < 1.29 is 4.92 Å². The summed E-state index contributed by atoms with van der Waals surface area (Å²) in [7, 11) is 0. The van der Waals surface area contributed by atoms with Crippen molar-refractivity contribution in [3.8, 4) is 0 Å². The number of hydrogen-bond donors (Lipinski definition) is 1. The van der Waals surface area contributed by atoms with Gasteiger partial charge in [-0.1, -0.05) is 32.9 Å². The zero-order valence-corrected chi connectivity index (χ0v) is 13.6. The first-order chi connectivity index (χ1) is 9.80. The summed E-state index contributed by atoms with van der Waals surface area (Å²) < 4.78 is 0. The van der Waals surface area contributed by atoms with Crippen LogP contribution in [-0.4, -0.2) is 29.5 Å². The second-order valence-electron chi connectivity index (χ2n) is 6.40. The molecule has 0 unspecified atom stereocenters. The van der Waals surface area contributed by atoms with Crippen molar-refractivity contribution in [3.05, 3.63) is 39.4 Å². The molecule has 1 aromatic carbocycles. The van der Waals surface area contributed by atoms with Crippen LogP contribution in [-0.2, 0) is 6.54 Å². The third kappa shape index (κ3) is 5.10. The van der Waals surface area contributed by atoms with Crippen LogP contribution in [0.4, 0.5) is 5.69 Å². The van der Waals surface area contributed by atoms with Gasteiger partial charge in [0.1, 0.15) is 0 Å².